The van der Waals surface area contributed by atoms with Crippen molar-refractivity contribution in [2.24, 2.45) is 0 Å². The Morgan fingerprint density at radius 3 is 1.06 bits per heavy atom. The van der Waals surface area contributed by atoms with E-state index < -0.39 is 0 Å². The Morgan fingerprint density at radius 1 is 0.528 bits per heavy atom. The highest BCUT2D eigenvalue weighted by molar-refractivity contribution is 5.75. The van der Waals surface area contributed by atoms with Crippen molar-refractivity contribution >= 4 is 17.7 Å². The highest BCUT2D eigenvalue weighted by Gasteiger charge is 2.11. The summed E-state index contributed by atoms with van der Waals surface area (Å²) in [5.74, 6) is -0.657. The third-order valence-corrected chi connectivity index (χ3v) is 4.31. The van der Waals surface area contributed by atoms with E-state index in [2.05, 4.69) is 45.9 Å². The fraction of sp³-hybridized carbons (Fsp3) is 0.714. The second-order valence-corrected chi connectivity index (χ2v) is 7.29. The summed E-state index contributed by atoms with van der Waals surface area (Å²) in [6.07, 6.45) is 4.39. The predicted octanol–water partition coefficient (Wildman–Crippen LogP) is 0.552. The molecule has 1 rings (SSSR count). The number of hydrogen-bond acceptors (Lipinski definition) is 12. The summed E-state index contributed by atoms with van der Waals surface area (Å²) in [4.78, 5) is 60.3. The molecule has 3 N–H and O–H groups in total. The minimum Gasteiger partial charge on any atom is -0.463 e. The molecule has 1 heterocycles. The van der Waals surface area contributed by atoms with E-state index in [1.165, 1.54) is 21.3 Å². The van der Waals surface area contributed by atoms with Gasteiger partial charge in [0.1, 0.15) is 0 Å². The standard InChI is InChI=1S/C21H36N6O9/c1-31-25-16(28)10-4-7-13-34-19-22-20(35-14-8-5-11-17(29)26-32-2)24-21(23-19)36-15-9-6-12-18(30)27-33-3/h4-15H2,1-3H3,(H,25,28)(H,26,29)(H,27,30). The number of rotatable bonds is 21. The minimum atomic E-state index is -0.219. The van der Waals surface area contributed by atoms with Crippen LogP contribution >= 0.6 is 0 Å². The molecule has 3 amide bonds. The summed E-state index contributed by atoms with van der Waals surface area (Å²) < 4.78 is 16.7. The number of nitrogens with one attached hydrogen (secondary N) is 3. The van der Waals surface area contributed by atoms with Crippen molar-refractivity contribution in [1.82, 2.24) is 31.4 Å². The van der Waals surface area contributed by atoms with Crippen LogP contribution in [0.1, 0.15) is 57.8 Å². The number of hydrogen-bond donors (Lipinski definition) is 3. The summed E-state index contributed by atoms with van der Waals surface area (Å²) >= 11 is 0. The zero-order chi connectivity index (χ0) is 26.4. The lowest BCUT2D eigenvalue weighted by Gasteiger charge is -2.10. The Morgan fingerprint density at radius 2 is 0.806 bits per heavy atom. The molecule has 204 valence electrons. The summed E-state index contributed by atoms with van der Waals surface area (Å²) in [5, 5.41) is 0. The van der Waals surface area contributed by atoms with E-state index in [0.29, 0.717) is 57.8 Å². The fourth-order valence-corrected chi connectivity index (χ4v) is 2.66. The first-order valence-electron chi connectivity index (χ1n) is 11.6. The van der Waals surface area contributed by atoms with Crippen LogP contribution in [0.3, 0.4) is 0 Å². The molecule has 0 aliphatic heterocycles. The van der Waals surface area contributed by atoms with Gasteiger partial charge in [0.2, 0.25) is 17.7 Å². The lowest BCUT2D eigenvalue weighted by Crippen LogP contribution is -2.21. The quantitative estimate of drug-likeness (QED) is 0.153. The molecule has 0 aromatic carbocycles. The number of carbonyl (C=O) groups excluding carboxylic acids is 3. The molecule has 0 bridgehead atoms. The largest absolute Gasteiger partial charge is 0.463 e. The van der Waals surface area contributed by atoms with Crippen LogP contribution in [0.4, 0.5) is 0 Å². The minimum absolute atomic E-state index is 0.0234. The third-order valence-electron chi connectivity index (χ3n) is 4.31. The van der Waals surface area contributed by atoms with Gasteiger partial charge in [-0.15, -0.1) is 15.0 Å². The van der Waals surface area contributed by atoms with Crippen molar-refractivity contribution < 1.29 is 43.1 Å². The molecule has 1 aromatic rings. The van der Waals surface area contributed by atoms with Crippen LogP contribution in [0.15, 0.2) is 0 Å². The number of hydroxylamine groups is 3. The molecule has 0 radical (unpaired) electrons. The van der Waals surface area contributed by atoms with Crippen LogP contribution in [0.5, 0.6) is 18.0 Å². The van der Waals surface area contributed by atoms with Crippen molar-refractivity contribution in [3.8, 4) is 18.0 Å². The van der Waals surface area contributed by atoms with Gasteiger partial charge in [0, 0.05) is 19.3 Å². The molecule has 1 aromatic heterocycles. The molecular formula is C21H36N6O9. The van der Waals surface area contributed by atoms with Gasteiger partial charge in [0.15, 0.2) is 0 Å². The first kappa shape index (κ1) is 30.7. The molecule has 36 heavy (non-hydrogen) atoms. The second-order valence-electron chi connectivity index (χ2n) is 7.29. The third kappa shape index (κ3) is 15.6. The molecule has 0 atom stereocenters. The number of unbranched alkanes of at least 4 members (excludes halogenated alkanes) is 3. The Hall–Kier alpha value is -3.30. The Labute approximate surface area is 209 Å². The van der Waals surface area contributed by atoms with Crippen LogP contribution in [-0.2, 0) is 28.9 Å². The SMILES string of the molecule is CONC(=O)CCCCOc1nc(OCCCCC(=O)NOC)nc(OCCCCC(=O)NOC)n1. The van der Waals surface area contributed by atoms with E-state index in [0.717, 1.165) is 0 Å². The monoisotopic (exact) mass is 516 g/mol. The van der Waals surface area contributed by atoms with Gasteiger partial charge in [-0.05, 0) is 38.5 Å². The molecule has 15 nitrogen and oxygen atoms in total. The van der Waals surface area contributed by atoms with Gasteiger partial charge in [0.25, 0.3) is 0 Å². The highest BCUT2D eigenvalue weighted by atomic mass is 16.6. The van der Waals surface area contributed by atoms with E-state index in [1.807, 2.05) is 0 Å². The Balaban J connectivity index is 2.54. The maximum absolute atomic E-state index is 11.4. The summed E-state index contributed by atoms with van der Waals surface area (Å²) in [5.41, 5.74) is 6.74. The van der Waals surface area contributed by atoms with Crippen molar-refractivity contribution in [3.05, 3.63) is 0 Å². The van der Waals surface area contributed by atoms with Gasteiger partial charge in [-0.1, -0.05) is 0 Å². The van der Waals surface area contributed by atoms with E-state index in [9.17, 15) is 14.4 Å². The van der Waals surface area contributed by atoms with E-state index >= 15 is 0 Å². The molecule has 15 heteroatoms. The number of carbonyl (C=O) groups is 3. The van der Waals surface area contributed by atoms with Crippen molar-refractivity contribution in [1.29, 1.82) is 0 Å². The maximum atomic E-state index is 11.4. The van der Waals surface area contributed by atoms with E-state index in [-0.39, 0.29) is 55.6 Å². The average Bonchev–Trinajstić information content (AvgIpc) is 2.84. The first-order chi connectivity index (χ1) is 17.5. The van der Waals surface area contributed by atoms with Crippen LogP contribution in [0.25, 0.3) is 0 Å². The number of nitrogens with zero attached hydrogens (tertiary/aromatic N) is 3. The fourth-order valence-electron chi connectivity index (χ4n) is 2.66. The zero-order valence-corrected chi connectivity index (χ0v) is 21.0. The lowest BCUT2D eigenvalue weighted by molar-refractivity contribution is -0.132. The van der Waals surface area contributed by atoms with Gasteiger partial charge < -0.3 is 14.2 Å². The normalized spacial score (nSPS) is 10.4. The average molecular weight is 517 g/mol. The molecule has 0 saturated heterocycles. The van der Waals surface area contributed by atoms with E-state index in [4.69, 9.17) is 14.2 Å². The summed E-state index contributed by atoms with van der Waals surface area (Å²) in [7, 11) is 4.12. The van der Waals surface area contributed by atoms with Crippen LogP contribution in [0, 0.1) is 0 Å². The molecule has 0 aliphatic carbocycles. The van der Waals surface area contributed by atoms with Crippen LogP contribution < -0.4 is 30.7 Å². The Kier molecular flexibility index (Phi) is 17.0. The molecule has 0 unspecified atom stereocenters. The van der Waals surface area contributed by atoms with Crippen molar-refractivity contribution in [3.63, 3.8) is 0 Å². The molecule has 0 spiro atoms. The topological polar surface area (TPSA) is 181 Å². The van der Waals surface area contributed by atoms with Crippen molar-refractivity contribution in [2.45, 2.75) is 57.8 Å². The Bertz CT molecular complexity index is 672. The number of ether oxygens (including phenoxy) is 3. The molecule has 0 saturated carbocycles. The van der Waals surface area contributed by atoms with Crippen LogP contribution in [-0.4, -0.2) is 73.8 Å². The van der Waals surface area contributed by atoms with Gasteiger partial charge >= 0.3 is 18.0 Å². The zero-order valence-electron chi connectivity index (χ0n) is 21.0. The second kappa shape index (κ2) is 19.9. The lowest BCUT2D eigenvalue weighted by atomic mass is 10.2. The van der Waals surface area contributed by atoms with E-state index in [1.54, 1.807) is 0 Å². The molecule has 0 aliphatic rings. The predicted molar refractivity (Wildman–Crippen MR) is 123 cm³/mol. The number of aromatic nitrogens is 3. The first-order valence-corrected chi connectivity index (χ1v) is 11.6. The van der Waals surface area contributed by atoms with Gasteiger partial charge in [0.05, 0.1) is 41.2 Å². The molecular weight excluding hydrogens is 480 g/mol. The maximum Gasteiger partial charge on any atom is 0.325 e. The highest BCUT2D eigenvalue weighted by Crippen LogP contribution is 2.16. The molecule has 0 fully saturated rings. The van der Waals surface area contributed by atoms with Gasteiger partial charge in [-0.25, -0.2) is 16.4 Å². The van der Waals surface area contributed by atoms with Crippen molar-refractivity contribution in [2.75, 3.05) is 41.2 Å². The van der Waals surface area contributed by atoms with Gasteiger partial charge in [-0.3, -0.25) is 28.9 Å². The summed E-state index contributed by atoms with van der Waals surface area (Å²) in [6.45, 7) is 0.811. The summed E-state index contributed by atoms with van der Waals surface area (Å²) in [6, 6.07) is 0.0702. The van der Waals surface area contributed by atoms with Gasteiger partial charge in [-0.2, -0.15) is 0 Å². The smallest absolute Gasteiger partial charge is 0.325 e. The number of amides is 3. The van der Waals surface area contributed by atoms with Crippen LogP contribution in [0.2, 0.25) is 0 Å².